The Morgan fingerprint density at radius 2 is 1.86 bits per heavy atom. The fourth-order valence-corrected chi connectivity index (χ4v) is 2.85. The number of nitrogens with one attached hydrogen (secondary N) is 2. The first-order valence-corrected chi connectivity index (χ1v) is 8.84. The predicted octanol–water partition coefficient (Wildman–Crippen LogP) is 4.51. The molecular formula is C22H19N3O3. The van der Waals surface area contributed by atoms with Crippen LogP contribution in [0.4, 0.5) is 11.5 Å². The van der Waals surface area contributed by atoms with Crippen molar-refractivity contribution in [1.82, 2.24) is 10.3 Å². The number of ether oxygens (including phenoxy) is 1. The van der Waals surface area contributed by atoms with Crippen LogP contribution in [0.3, 0.4) is 0 Å². The summed E-state index contributed by atoms with van der Waals surface area (Å²) in [4.78, 5) is 17.1. The molecule has 2 aromatic carbocycles. The monoisotopic (exact) mass is 373 g/mol. The number of hydrogen-bond donors (Lipinski definition) is 2. The molecule has 0 saturated heterocycles. The first-order valence-electron chi connectivity index (χ1n) is 8.84. The van der Waals surface area contributed by atoms with Gasteiger partial charge in [0.05, 0.1) is 18.8 Å². The Balaban J connectivity index is 1.54. The lowest BCUT2D eigenvalue weighted by Crippen LogP contribution is -2.24. The molecule has 0 unspecified atom stereocenters. The molecule has 0 spiro atoms. The molecule has 6 heteroatoms. The summed E-state index contributed by atoms with van der Waals surface area (Å²) in [6, 6.07) is 20.7. The summed E-state index contributed by atoms with van der Waals surface area (Å²) in [6.07, 6.45) is 1.58. The Bertz CT molecular complexity index is 1090. The highest BCUT2D eigenvalue weighted by atomic mass is 16.5. The van der Waals surface area contributed by atoms with Crippen molar-refractivity contribution in [2.75, 3.05) is 12.4 Å². The molecule has 0 saturated carbocycles. The van der Waals surface area contributed by atoms with Crippen LogP contribution in [0.5, 0.6) is 5.75 Å². The van der Waals surface area contributed by atoms with Crippen LogP contribution < -0.4 is 15.4 Å². The van der Waals surface area contributed by atoms with Gasteiger partial charge in [-0.05, 0) is 35.9 Å². The molecule has 28 heavy (non-hydrogen) atoms. The summed E-state index contributed by atoms with van der Waals surface area (Å²) in [7, 11) is 1.62. The second-order valence-electron chi connectivity index (χ2n) is 6.21. The van der Waals surface area contributed by atoms with Gasteiger partial charge in [-0.15, -0.1) is 0 Å². The molecule has 140 valence electrons. The summed E-state index contributed by atoms with van der Waals surface area (Å²) in [5.41, 5.74) is 2.74. The van der Waals surface area contributed by atoms with Gasteiger partial charge in [-0.2, -0.15) is 0 Å². The lowest BCUT2D eigenvalue weighted by molar-refractivity contribution is 0.0946. The van der Waals surface area contributed by atoms with Crippen LogP contribution in [0.15, 0.2) is 77.4 Å². The largest absolute Gasteiger partial charge is 0.497 e. The molecule has 0 bridgehead atoms. The third-order valence-corrected chi connectivity index (χ3v) is 4.33. The van der Waals surface area contributed by atoms with Crippen molar-refractivity contribution in [3.05, 3.63) is 84.3 Å². The maximum atomic E-state index is 12.6. The van der Waals surface area contributed by atoms with E-state index in [1.165, 1.54) is 0 Å². The molecule has 0 atom stereocenters. The van der Waals surface area contributed by atoms with Gasteiger partial charge in [-0.25, -0.2) is 4.98 Å². The summed E-state index contributed by atoms with van der Waals surface area (Å²) in [5, 5.41) is 6.95. The highest BCUT2D eigenvalue weighted by molar-refractivity contribution is 5.99. The van der Waals surface area contributed by atoms with E-state index < -0.39 is 0 Å². The average Bonchev–Trinajstić information content (AvgIpc) is 3.22. The molecule has 0 fully saturated rings. The van der Waals surface area contributed by atoms with E-state index >= 15 is 0 Å². The topological polar surface area (TPSA) is 76.4 Å². The molecule has 2 N–H and O–H groups in total. The van der Waals surface area contributed by atoms with Gasteiger partial charge in [0.15, 0.2) is 0 Å². The highest BCUT2D eigenvalue weighted by Gasteiger charge is 2.14. The summed E-state index contributed by atoms with van der Waals surface area (Å²) < 4.78 is 10.6. The number of carbonyl (C=O) groups excluding carboxylic acids is 1. The number of aromatic nitrogens is 1. The Hall–Kier alpha value is -3.80. The van der Waals surface area contributed by atoms with Crippen molar-refractivity contribution in [1.29, 1.82) is 0 Å². The molecule has 4 rings (SSSR count). The van der Waals surface area contributed by atoms with E-state index in [4.69, 9.17) is 9.15 Å². The number of benzene rings is 2. The number of methoxy groups -OCH3 is 1. The van der Waals surface area contributed by atoms with Gasteiger partial charge >= 0.3 is 0 Å². The third kappa shape index (κ3) is 3.81. The zero-order chi connectivity index (χ0) is 19.3. The maximum absolute atomic E-state index is 12.6. The van der Waals surface area contributed by atoms with Gasteiger partial charge in [0.25, 0.3) is 5.91 Å². The normalized spacial score (nSPS) is 10.6. The van der Waals surface area contributed by atoms with E-state index in [2.05, 4.69) is 15.6 Å². The SMILES string of the molecule is COc1ccc(CNC(=O)c2cc3occc3c(Nc3ccccc3)n2)cc1. The Labute approximate surface area is 162 Å². The summed E-state index contributed by atoms with van der Waals surface area (Å²) in [6.45, 7) is 0.391. The molecule has 0 radical (unpaired) electrons. The van der Waals surface area contributed by atoms with Crippen LogP contribution in [-0.2, 0) is 6.54 Å². The van der Waals surface area contributed by atoms with E-state index in [1.807, 2.05) is 60.7 Å². The second-order valence-corrected chi connectivity index (χ2v) is 6.21. The standard InChI is InChI=1S/C22H19N3O3/c1-27-17-9-7-15(8-10-17)14-23-22(26)19-13-20-18(11-12-28-20)21(25-19)24-16-5-3-2-4-6-16/h2-13H,14H2,1H3,(H,23,26)(H,24,25). The second kappa shape index (κ2) is 7.84. The maximum Gasteiger partial charge on any atom is 0.270 e. The van der Waals surface area contributed by atoms with Gasteiger partial charge in [-0.3, -0.25) is 4.79 Å². The molecule has 2 aromatic heterocycles. The highest BCUT2D eigenvalue weighted by Crippen LogP contribution is 2.26. The molecule has 0 aliphatic carbocycles. The number of hydrogen-bond acceptors (Lipinski definition) is 5. The van der Waals surface area contributed by atoms with Gasteiger partial charge in [0, 0.05) is 18.3 Å². The van der Waals surface area contributed by atoms with Crippen molar-refractivity contribution >= 4 is 28.4 Å². The number of pyridine rings is 1. The molecule has 0 aliphatic rings. The van der Waals surface area contributed by atoms with E-state index in [9.17, 15) is 4.79 Å². The summed E-state index contributed by atoms with van der Waals surface area (Å²) in [5.74, 6) is 1.08. The zero-order valence-corrected chi connectivity index (χ0v) is 15.3. The van der Waals surface area contributed by atoms with Crippen LogP contribution >= 0.6 is 0 Å². The Morgan fingerprint density at radius 1 is 1.07 bits per heavy atom. The van der Waals surface area contributed by atoms with Crippen LogP contribution in [0.2, 0.25) is 0 Å². The number of nitrogens with zero attached hydrogens (tertiary/aromatic N) is 1. The van der Waals surface area contributed by atoms with Gasteiger partial charge in [0.2, 0.25) is 0 Å². The van der Waals surface area contributed by atoms with Crippen LogP contribution in [0.25, 0.3) is 11.0 Å². The van der Waals surface area contributed by atoms with Crippen molar-refractivity contribution in [2.24, 2.45) is 0 Å². The number of anilines is 2. The molecule has 2 heterocycles. The predicted molar refractivity (Wildman–Crippen MR) is 108 cm³/mol. The van der Waals surface area contributed by atoms with Crippen molar-refractivity contribution in [2.45, 2.75) is 6.54 Å². The molecule has 4 aromatic rings. The quantitative estimate of drug-likeness (QED) is 0.520. The van der Waals surface area contributed by atoms with E-state index in [1.54, 1.807) is 19.4 Å². The Kier molecular flexibility index (Phi) is 4.93. The molecule has 1 amide bonds. The first kappa shape index (κ1) is 17.6. The van der Waals surface area contributed by atoms with Crippen molar-refractivity contribution in [3.8, 4) is 5.75 Å². The fraction of sp³-hybridized carbons (Fsp3) is 0.0909. The lowest BCUT2D eigenvalue weighted by Gasteiger charge is -2.10. The summed E-state index contributed by atoms with van der Waals surface area (Å²) >= 11 is 0. The number of para-hydroxylation sites is 1. The minimum absolute atomic E-state index is 0.273. The third-order valence-electron chi connectivity index (χ3n) is 4.33. The minimum atomic E-state index is -0.273. The van der Waals surface area contributed by atoms with Gasteiger partial charge < -0.3 is 19.8 Å². The van der Waals surface area contributed by atoms with Crippen molar-refractivity contribution in [3.63, 3.8) is 0 Å². The Morgan fingerprint density at radius 3 is 2.61 bits per heavy atom. The lowest BCUT2D eigenvalue weighted by atomic mass is 10.2. The number of furan rings is 1. The smallest absolute Gasteiger partial charge is 0.270 e. The van der Waals surface area contributed by atoms with Crippen LogP contribution in [-0.4, -0.2) is 18.0 Å². The zero-order valence-electron chi connectivity index (χ0n) is 15.3. The van der Waals surface area contributed by atoms with Crippen LogP contribution in [0, 0.1) is 0 Å². The average molecular weight is 373 g/mol. The number of rotatable bonds is 6. The molecule has 0 aliphatic heterocycles. The fourth-order valence-electron chi connectivity index (χ4n) is 2.85. The number of amides is 1. The van der Waals surface area contributed by atoms with E-state index in [0.717, 1.165) is 22.4 Å². The van der Waals surface area contributed by atoms with Crippen molar-refractivity contribution < 1.29 is 13.9 Å². The number of fused-ring (bicyclic) bond motifs is 1. The molecule has 6 nitrogen and oxygen atoms in total. The van der Waals surface area contributed by atoms with Crippen LogP contribution in [0.1, 0.15) is 16.1 Å². The molecular weight excluding hydrogens is 354 g/mol. The first-order chi connectivity index (χ1) is 13.7. The van der Waals surface area contributed by atoms with Gasteiger partial charge in [0.1, 0.15) is 22.8 Å². The van der Waals surface area contributed by atoms with Gasteiger partial charge in [-0.1, -0.05) is 30.3 Å². The minimum Gasteiger partial charge on any atom is -0.497 e. The van der Waals surface area contributed by atoms with E-state index in [0.29, 0.717) is 17.9 Å². The van der Waals surface area contributed by atoms with E-state index in [-0.39, 0.29) is 11.6 Å². The number of carbonyl (C=O) groups is 1.